The molecule has 0 aliphatic carbocycles. The second-order valence-electron chi connectivity index (χ2n) is 4.66. The van der Waals surface area contributed by atoms with E-state index < -0.39 is 0 Å². The van der Waals surface area contributed by atoms with Crippen molar-refractivity contribution in [1.29, 1.82) is 0 Å². The highest BCUT2D eigenvalue weighted by molar-refractivity contribution is 9.10. The van der Waals surface area contributed by atoms with Crippen LogP contribution in [-0.4, -0.2) is 18.5 Å². The lowest BCUT2D eigenvalue weighted by Gasteiger charge is -2.29. The Morgan fingerprint density at radius 1 is 1.56 bits per heavy atom. The average Bonchev–Trinajstić information content (AvgIpc) is 2.33. The maximum absolute atomic E-state index is 12.2. The van der Waals surface area contributed by atoms with E-state index in [9.17, 15) is 4.79 Å². The number of hydrogen-bond acceptors (Lipinski definition) is 2. The average molecular weight is 332 g/mol. The molecule has 98 valence electrons. The molecule has 1 amide bonds. The Morgan fingerprint density at radius 3 is 3.00 bits per heavy atom. The third-order valence-electron chi connectivity index (χ3n) is 3.24. The van der Waals surface area contributed by atoms with Gasteiger partial charge in [0.25, 0.3) is 0 Å². The number of piperidine rings is 1. The number of hydrogen-bond donors (Lipinski definition) is 2. The van der Waals surface area contributed by atoms with Gasteiger partial charge in [0.2, 0.25) is 5.91 Å². The Bertz CT molecular complexity index is 453. The van der Waals surface area contributed by atoms with Gasteiger partial charge in [0.1, 0.15) is 0 Å². The molecule has 1 aromatic rings. The van der Waals surface area contributed by atoms with Gasteiger partial charge in [0, 0.05) is 9.50 Å². The topological polar surface area (TPSA) is 41.1 Å². The third kappa shape index (κ3) is 3.25. The maximum atomic E-state index is 12.2. The highest BCUT2D eigenvalue weighted by Crippen LogP contribution is 2.26. The molecule has 2 atom stereocenters. The summed E-state index contributed by atoms with van der Waals surface area (Å²) in [6.07, 6.45) is 2.22. The standard InChI is InChI=1S/C13H16BrClN2O/c1-8-3-2-6-16-12(8)13(18)17-11-5-4-9(15)7-10(11)14/h4-5,7-8,12,16H,2-3,6H2,1H3,(H,17,18). The van der Waals surface area contributed by atoms with Crippen molar-refractivity contribution in [2.75, 3.05) is 11.9 Å². The summed E-state index contributed by atoms with van der Waals surface area (Å²) in [6.45, 7) is 3.01. The molecule has 0 saturated carbocycles. The van der Waals surface area contributed by atoms with Crippen molar-refractivity contribution in [3.63, 3.8) is 0 Å². The summed E-state index contributed by atoms with van der Waals surface area (Å²) in [7, 11) is 0. The lowest BCUT2D eigenvalue weighted by atomic mass is 9.92. The van der Waals surface area contributed by atoms with E-state index in [1.807, 2.05) is 0 Å². The Kier molecular flexibility index (Phi) is 4.65. The summed E-state index contributed by atoms with van der Waals surface area (Å²) in [5, 5.41) is 6.84. The van der Waals surface area contributed by atoms with E-state index in [1.165, 1.54) is 0 Å². The van der Waals surface area contributed by atoms with Crippen LogP contribution in [0, 0.1) is 5.92 Å². The molecular formula is C13H16BrClN2O. The molecule has 1 aliphatic heterocycles. The predicted molar refractivity (Wildman–Crippen MR) is 78.0 cm³/mol. The largest absolute Gasteiger partial charge is 0.324 e. The number of rotatable bonds is 2. The molecule has 18 heavy (non-hydrogen) atoms. The third-order valence-corrected chi connectivity index (χ3v) is 4.13. The van der Waals surface area contributed by atoms with Crippen molar-refractivity contribution in [3.8, 4) is 0 Å². The first-order chi connectivity index (χ1) is 8.58. The van der Waals surface area contributed by atoms with Crippen LogP contribution in [0.25, 0.3) is 0 Å². The quantitative estimate of drug-likeness (QED) is 0.872. The molecule has 0 radical (unpaired) electrons. The maximum Gasteiger partial charge on any atom is 0.241 e. The predicted octanol–water partition coefficient (Wildman–Crippen LogP) is 3.43. The van der Waals surface area contributed by atoms with Crippen LogP contribution in [0.2, 0.25) is 5.02 Å². The van der Waals surface area contributed by atoms with Crippen LogP contribution in [0.4, 0.5) is 5.69 Å². The van der Waals surface area contributed by atoms with Crippen molar-refractivity contribution in [2.45, 2.75) is 25.8 Å². The highest BCUT2D eigenvalue weighted by atomic mass is 79.9. The Labute approximate surface area is 120 Å². The van der Waals surface area contributed by atoms with Gasteiger partial charge in [-0.15, -0.1) is 0 Å². The molecule has 1 saturated heterocycles. The van der Waals surface area contributed by atoms with Gasteiger partial charge in [-0.2, -0.15) is 0 Å². The summed E-state index contributed by atoms with van der Waals surface area (Å²) in [5.74, 6) is 0.384. The molecule has 0 spiro atoms. The molecule has 2 unspecified atom stereocenters. The lowest BCUT2D eigenvalue weighted by molar-refractivity contribution is -0.119. The molecule has 1 heterocycles. The second-order valence-corrected chi connectivity index (χ2v) is 5.96. The minimum Gasteiger partial charge on any atom is -0.324 e. The van der Waals surface area contributed by atoms with Gasteiger partial charge in [-0.05, 0) is 59.4 Å². The number of anilines is 1. The SMILES string of the molecule is CC1CCCNC1C(=O)Nc1ccc(Cl)cc1Br. The summed E-state index contributed by atoms with van der Waals surface area (Å²) in [6, 6.07) is 5.23. The number of halogens is 2. The van der Waals surface area contributed by atoms with Gasteiger partial charge < -0.3 is 10.6 Å². The summed E-state index contributed by atoms with van der Waals surface area (Å²) in [4.78, 5) is 12.2. The number of carbonyl (C=O) groups is 1. The van der Waals surface area contributed by atoms with Crippen molar-refractivity contribution in [2.24, 2.45) is 5.92 Å². The van der Waals surface area contributed by atoms with Crippen LogP contribution in [0.15, 0.2) is 22.7 Å². The van der Waals surface area contributed by atoms with Crippen LogP contribution in [0.3, 0.4) is 0 Å². The fourth-order valence-corrected chi connectivity index (χ4v) is 2.98. The highest BCUT2D eigenvalue weighted by Gasteiger charge is 2.27. The van der Waals surface area contributed by atoms with Crippen LogP contribution < -0.4 is 10.6 Å². The zero-order valence-electron chi connectivity index (χ0n) is 10.2. The zero-order chi connectivity index (χ0) is 13.1. The Hall–Kier alpha value is -0.580. The van der Waals surface area contributed by atoms with Gasteiger partial charge in [-0.1, -0.05) is 18.5 Å². The molecule has 0 bridgehead atoms. The number of amides is 1. The van der Waals surface area contributed by atoms with Gasteiger partial charge in [-0.3, -0.25) is 4.79 Å². The summed E-state index contributed by atoms with van der Waals surface area (Å²) in [5.41, 5.74) is 0.754. The molecule has 3 nitrogen and oxygen atoms in total. The first-order valence-electron chi connectivity index (χ1n) is 6.07. The van der Waals surface area contributed by atoms with E-state index in [0.29, 0.717) is 10.9 Å². The van der Waals surface area contributed by atoms with Gasteiger partial charge >= 0.3 is 0 Å². The van der Waals surface area contributed by atoms with Crippen LogP contribution in [0.1, 0.15) is 19.8 Å². The van der Waals surface area contributed by atoms with E-state index >= 15 is 0 Å². The fourth-order valence-electron chi connectivity index (χ4n) is 2.20. The smallest absolute Gasteiger partial charge is 0.241 e. The van der Waals surface area contributed by atoms with E-state index in [1.54, 1.807) is 18.2 Å². The minimum absolute atomic E-state index is 0.0187. The van der Waals surface area contributed by atoms with Crippen molar-refractivity contribution < 1.29 is 4.79 Å². The molecule has 2 N–H and O–H groups in total. The second kappa shape index (κ2) is 6.04. The van der Waals surface area contributed by atoms with E-state index in [-0.39, 0.29) is 11.9 Å². The van der Waals surface area contributed by atoms with E-state index in [2.05, 4.69) is 33.5 Å². The molecule has 1 aromatic carbocycles. The molecular weight excluding hydrogens is 316 g/mol. The Morgan fingerprint density at radius 2 is 2.33 bits per heavy atom. The van der Waals surface area contributed by atoms with Crippen molar-refractivity contribution in [1.82, 2.24) is 5.32 Å². The summed E-state index contributed by atoms with van der Waals surface area (Å²) < 4.78 is 0.798. The van der Waals surface area contributed by atoms with Gasteiger partial charge in [-0.25, -0.2) is 0 Å². The monoisotopic (exact) mass is 330 g/mol. The molecule has 1 fully saturated rings. The zero-order valence-corrected chi connectivity index (χ0v) is 12.5. The summed E-state index contributed by atoms with van der Waals surface area (Å²) >= 11 is 9.27. The molecule has 5 heteroatoms. The number of carbonyl (C=O) groups excluding carboxylic acids is 1. The minimum atomic E-state index is -0.110. The van der Waals surface area contributed by atoms with Crippen LogP contribution in [-0.2, 0) is 4.79 Å². The van der Waals surface area contributed by atoms with Gasteiger partial charge in [0.05, 0.1) is 11.7 Å². The molecule has 1 aliphatic rings. The van der Waals surface area contributed by atoms with Gasteiger partial charge in [0.15, 0.2) is 0 Å². The molecule has 0 aromatic heterocycles. The lowest BCUT2D eigenvalue weighted by Crippen LogP contribution is -2.48. The first-order valence-corrected chi connectivity index (χ1v) is 7.24. The fraction of sp³-hybridized carbons (Fsp3) is 0.462. The van der Waals surface area contributed by atoms with E-state index in [0.717, 1.165) is 29.5 Å². The normalized spacial score (nSPS) is 23.7. The number of nitrogens with one attached hydrogen (secondary N) is 2. The Balaban J connectivity index is 2.06. The van der Waals surface area contributed by atoms with Crippen LogP contribution in [0.5, 0.6) is 0 Å². The molecule has 2 rings (SSSR count). The van der Waals surface area contributed by atoms with Crippen LogP contribution >= 0.6 is 27.5 Å². The number of benzene rings is 1. The van der Waals surface area contributed by atoms with E-state index in [4.69, 9.17) is 11.6 Å². The van der Waals surface area contributed by atoms with Crippen molar-refractivity contribution >= 4 is 39.1 Å². The first kappa shape index (κ1) is 13.8. The van der Waals surface area contributed by atoms with Crippen molar-refractivity contribution in [3.05, 3.63) is 27.7 Å².